The van der Waals surface area contributed by atoms with Crippen molar-refractivity contribution in [2.24, 2.45) is 13.0 Å². The molecule has 0 amide bonds. The van der Waals surface area contributed by atoms with Crippen LogP contribution < -0.4 is 5.32 Å². The van der Waals surface area contributed by atoms with Crippen molar-refractivity contribution >= 4 is 0 Å². The van der Waals surface area contributed by atoms with Gasteiger partial charge in [0.1, 0.15) is 0 Å². The molecule has 5 nitrogen and oxygen atoms in total. The lowest BCUT2D eigenvalue weighted by Gasteiger charge is -2.10. The van der Waals surface area contributed by atoms with Gasteiger partial charge in [0.15, 0.2) is 0 Å². The Hall–Kier alpha value is -1.75. The molecule has 94 valence electrons. The van der Waals surface area contributed by atoms with Crippen molar-refractivity contribution in [3.63, 3.8) is 0 Å². The second kappa shape index (κ2) is 4.86. The Labute approximate surface area is 106 Å². The molecule has 0 spiro atoms. The summed E-state index contributed by atoms with van der Waals surface area (Å²) in [4.78, 5) is 8.97. The fraction of sp³-hybridized carbons (Fsp3) is 0.462. The Morgan fingerprint density at radius 3 is 3.00 bits per heavy atom. The second-order valence-electron chi connectivity index (χ2n) is 4.82. The van der Waals surface area contributed by atoms with Crippen LogP contribution in [0.5, 0.6) is 0 Å². The number of nitrogens with zero attached hydrogens (tertiary/aromatic N) is 4. The van der Waals surface area contributed by atoms with Gasteiger partial charge in [0.2, 0.25) is 0 Å². The van der Waals surface area contributed by atoms with E-state index >= 15 is 0 Å². The van der Waals surface area contributed by atoms with Crippen LogP contribution >= 0.6 is 0 Å². The van der Waals surface area contributed by atoms with Crippen molar-refractivity contribution in [1.29, 1.82) is 0 Å². The molecule has 1 aliphatic heterocycles. The molecule has 2 aromatic heterocycles. The highest BCUT2D eigenvalue weighted by molar-refractivity contribution is 5.59. The lowest BCUT2D eigenvalue weighted by molar-refractivity contribution is 0.571. The average Bonchev–Trinajstić information content (AvgIpc) is 3.02. The predicted octanol–water partition coefficient (Wildman–Crippen LogP) is 1.03. The maximum absolute atomic E-state index is 4.50. The smallest absolute Gasteiger partial charge is 0.0948 e. The van der Waals surface area contributed by atoms with E-state index < -0.39 is 0 Å². The molecule has 18 heavy (non-hydrogen) atoms. The normalized spacial score (nSPS) is 19.3. The average molecular weight is 243 g/mol. The summed E-state index contributed by atoms with van der Waals surface area (Å²) < 4.78 is 1.80. The maximum Gasteiger partial charge on any atom is 0.0948 e. The molecule has 0 saturated carbocycles. The molecule has 0 aromatic carbocycles. The molecule has 0 bridgehead atoms. The van der Waals surface area contributed by atoms with Gasteiger partial charge in [-0.1, -0.05) is 0 Å². The second-order valence-corrected chi connectivity index (χ2v) is 4.82. The first-order valence-electron chi connectivity index (χ1n) is 6.32. The van der Waals surface area contributed by atoms with Crippen LogP contribution in [0.15, 0.2) is 24.8 Å². The van der Waals surface area contributed by atoms with Crippen LogP contribution in [0.3, 0.4) is 0 Å². The Bertz CT molecular complexity index is 528. The lowest BCUT2D eigenvalue weighted by atomic mass is 10.00. The van der Waals surface area contributed by atoms with E-state index in [-0.39, 0.29) is 0 Å². The van der Waals surface area contributed by atoms with E-state index in [1.54, 1.807) is 17.1 Å². The third-order valence-corrected chi connectivity index (χ3v) is 3.40. The van der Waals surface area contributed by atoms with Gasteiger partial charge in [0.25, 0.3) is 0 Å². The first-order chi connectivity index (χ1) is 8.83. The summed E-state index contributed by atoms with van der Waals surface area (Å²) >= 11 is 0. The maximum atomic E-state index is 4.50. The van der Waals surface area contributed by atoms with Gasteiger partial charge in [-0.3, -0.25) is 14.6 Å². The summed E-state index contributed by atoms with van der Waals surface area (Å²) in [7, 11) is 1.92. The van der Waals surface area contributed by atoms with Crippen molar-refractivity contribution in [3.8, 4) is 11.3 Å². The summed E-state index contributed by atoms with van der Waals surface area (Å²) in [6.45, 7) is 2.20. The summed E-state index contributed by atoms with van der Waals surface area (Å²) in [5.41, 5.74) is 3.10. The Balaban J connectivity index is 1.89. The summed E-state index contributed by atoms with van der Waals surface area (Å²) in [5, 5.41) is 7.59. The van der Waals surface area contributed by atoms with E-state index in [4.69, 9.17) is 0 Å². The number of aromatic nitrogens is 4. The van der Waals surface area contributed by atoms with E-state index in [2.05, 4.69) is 20.4 Å². The van der Waals surface area contributed by atoms with Gasteiger partial charge in [-0.2, -0.15) is 5.10 Å². The zero-order valence-corrected chi connectivity index (χ0v) is 10.5. The highest BCUT2D eigenvalue weighted by Gasteiger charge is 2.18. The van der Waals surface area contributed by atoms with Gasteiger partial charge >= 0.3 is 0 Å². The van der Waals surface area contributed by atoms with Gasteiger partial charge in [-0.15, -0.1) is 0 Å². The quantitative estimate of drug-likeness (QED) is 0.874. The van der Waals surface area contributed by atoms with E-state index in [0.29, 0.717) is 5.92 Å². The fourth-order valence-corrected chi connectivity index (χ4v) is 2.46. The minimum absolute atomic E-state index is 0.678. The number of aryl methyl sites for hydroxylation is 1. The highest BCUT2D eigenvalue weighted by Crippen LogP contribution is 2.22. The van der Waals surface area contributed by atoms with Crippen LogP contribution in [0.2, 0.25) is 0 Å². The van der Waals surface area contributed by atoms with Gasteiger partial charge < -0.3 is 5.32 Å². The third kappa shape index (κ3) is 2.26. The van der Waals surface area contributed by atoms with Crippen molar-refractivity contribution < 1.29 is 0 Å². The van der Waals surface area contributed by atoms with E-state index in [0.717, 1.165) is 36.5 Å². The van der Waals surface area contributed by atoms with Gasteiger partial charge in [0, 0.05) is 31.2 Å². The molecule has 3 heterocycles. The van der Waals surface area contributed by atoms with Crippen LogP contribution in [0, 0.1) is 5.92 Å². The van der Waals surface area contributed by atoms with Crippen molar-refractivity contribution in [2.75, 3.05) is 13.1 Å². The van der Waals surface area contributed by atoms with Crippen LogP contribution in [0.25, 0.3) is 11.3 Å². The van der Waals surface area contributed by atoms with Gasteiger partial charge in [-0.25, -0.2) is 0 Å². The molecule has 1 atom stereocenters. The Morgan fingerprint density at radius 1 is 1.39 bits per heavy atom. The molecular formula is C13H17N5. The molecular weight excluding hydrogens is 226 g/mol. The molecule has 1 N–H and O–H groups in total. The number of hydrogen-bond acceptors (Lipinski definition) is 4. The molecule has 2 aromatic rings. The van der Waals surface area contributed by atoms with Crippen molar-refractivity contribution in [3.05, 3.63) is 30.5 Å². The third-order valence-electron chi connectivity index (χ3n) is 3.40. The van der Waals surface area contributed by atoms with Crippen LogP contribution in [0.1, 0.15) is 12.1 Å². The minimum atomic E-state index is 0.678. The first-order valence-corrected chi connectivity index (χ1v) is 6.32. The predicted molar refractivity (Wildman–Crippen MR) is 68.9 cm³/mol. The number of nitrogens with one attached hydrogen (secondary N) is 1. The largest absolute Gasteiger partial charge is 0.316 e. The Morgan fingerprint density at radius 2 is 2.28 bits per heavy atom. The van der Waals surface area contributed by atoms with E-state index in [1.165, 1.54) is 6.42 Å². The van der Waals surface area contributed by atoms with Gasteiger partial charge in [-0.05, 0) is 31.8 Å². The summed E-state index contributed by atoms with van der Waals surface area (Å²) in [6, 6.07) is 0. The minimum Gasteiger partial charge on any atom is -0.316 e. The lowest BCUT2D eigenvalue weighted by Crippen LogP contribution is -2.12. The summed E-state index contributed by atoms with van der Waals surface area (Å²) in [5.74, 6) is 0.678. The van der Waals surface area contributed by atoms with E-state index in [1.807, 2.05) is 19.4 Å². The fourth-order valence-electron chi connectivity index (χ4n) is 2.46. The molecule has 0 aliphatic carbocycles. The topological polar surface area (TPSA) is 55.6 Å². The standard InChI is InChI=1S/C13H17N5/c1-18-9-11(8-17-18)13-12(15-4-5-16-13)6-10-2-3-14-7-10/h4-5,8-10,14H,2-3,6-7H2,1H3. The molecule has 1 aliphatic rings. The highest BCUT2D eigenvalue weighted by atomic mass is 15.2. The van der Waals surface area contributed by atoms with Crippen LogP contribution in [-0.4, -0.2) is 32.8 Å². The van der Waals surface area contributed by atoms with E-state index in [9.17, 15) is 0 Å². The molecule has 5 heteroatoms. The zero-order valence-electron chi connectivity index (χ0n) is 10.5. The monoisotopic (exact) mass is 243 g/mol. The Kier molecular flexibility index (Phi) is 3.06. The zero-order chi connectivity index (χ0) is 12.4. The van der Waals surface area contributed by atoms with Crippen molar-refractivity contribution in [2.45, 2.75) is 12.8 Å². The molecule has 1 fully saturated rings. The molecule has 0 radical (unpaired) electrons. The van der Waals surface area contributed by atoms with Crippen LogP contribution in [-0.2, 0) is 13.5 Å². The number of hydrogen-bond donors (Lipinski definition) is 1. The SMILES string of the molecule is Cn1cc(-c2nccnc2CC2CCNC2)cn1. The van der Waals surface area contributed by atoms with Crippen LogP contribution in [0.4, 0.5) is 0 Å². The summed E-state index contributed by atoms with van der Waals surface area (Å²) in [6.07, 6.45) is 9.57. The first kappa shape index (κ1) is 11.3. The van der Waals surface area contributed by atoms with Gasteiger partial charge in [0.05, 0.1) is 17.6 Å². The molecule has 1 unspecified atom stereocenters. The molecule has 1 saturated heterocycles. The molecule has 3 rings (SSSR count). The van der Waals surface area contributed by atoms with Crippen molar-refractivity contribution in [1.82, 2.24) is 25.1 Å². The number of rotatable bonds is 3.